The summed E-state index contributed by atoms with van der Waals surface area (Å²) >= 11 is 0. The van der Waals surface area contributed by atoms with Crippen LogP contribution >= 0.6 is 0 Å². The van der Waals surface area contributed by atoms with E-state index >= 15 is 0 Å². The number of benzene rings is 5. The van der Waals surface area contributed by atoms with Gasteiger partial charge >= 0.3 is 0 Å². The topological polar surface area (TPSA) is 64.5 Å². The highest BCUT2D eigenvalue weighted by atomic mass is 15.6. The Morgan fingerprint density at radius 2 is 1.16 bits per heavy atom. The minimum atomic E-state index is -0.443. The lowest BCUT2D eigenvalue weighted by molar-refractivity contribution is 0.344. The molecule has 0 fully saturated rings. The molecule has 0 saturated heterocycles. The molecule has 64 heavy (non-hydrogen) atoms. The van der Waals surface area contributed by atoms with Crippen LogP contribution in [0, 0.1) is 11.8 Å². The fraction of sp³-hybridized carbons (Fsp3) is 0.321. The molecular formula is C56H60N8. The van der Waals surface area contributed by atoms with Gasteiger partial charge in [0.15, 0.2) is 29.4 Å². The Labute approximate surface area is 379 Å². The molecule has 0 spiro atoms. The molecule has 0 radical (unpaired) electrons. The molecule has 3 aliphatic heterocycles. The Kier molecular flexibility index (Phi) is 10.1. The van der Waals surface area contributed by atoms with Gasteiger partial charge in [-0.15, -0.1) is 6.58 Å². The quantitative estimate of drug-likeness (QED) is 0.147. The van der Waals surface area contributed by atoms with E-state index in [1.807, 2.05) is 12.1 Å². The number of hydrogen-bond acceptors (Lipinski definition) is 8. The molecule has 8 heteroatoms. The second-order valence-corrected chi connectivity index (χ2v) is 19.4. The van der Waals surface area contributed by atoms with Crippen molar-refractivity contribution in [1.82, 2.24) is 19.9 Å². The lowest BCUT2D eigenvalue weighted by atomic mass is 9.68. The molecule has 7 aromatic rings. The summed E-state index contributed by atoms with van der Waals surface area (Å²) in [4.78, 5) is 32.6. The average Bonchev–Trinajstić information content (AvgIpc) is 3.81. The zero-order valence-electron chi connectivity index (χ0n) is 38.6. The molecule has 0 saturated carbocycles. The lowest BCUT2D eigenvalue weighted by Gasteiger charge is -2.47. The third-order valence-corrected chi connectivity index (χ3v) is 14.9. The van der Waals surface area contributed by atoms with E-state index in [4.69, 9.17) is 26.5 Å². The molecule has 10 rings (SSSR count). The van der Waals surface area contributed by atoms with Crippen LogP contribution in [0.4, 0.5) is 40.3 Å². The van der Waals surface area contributed by atoms with Crippen molar-refractivity contribution in [3.8, 4) is 0 Å². The standard InChI is InChI=1S/C56H60N8/c1-11-35(4)37(6)38(7)61-49-51(59-45-28-20-18-26-43(45)57-49)64-48-32-31-39(55(8,9)10)33-42(48)56(12-2,13-3)34-36(5)41-25-17-22-30-47(41)63-52-50(58-44-27-19-21-29-46(44)60-52)62(54(63)53(61)64)40-23-15-14-16-24-40/h11,14-33,35,37-38,53-54H,1,5,12-13,34H2,2-4,6-10H3/t35?,37-,38+,53?,54?/m1/s1. The number of anilines is 7. The molecule has 324 valence electrons. The number of rotatable bonds is 7. The normalized spacial score (nSPS) is 19.2. The van der Waals surface area contributed by atoms with Gasteiger partial charge in [-0.05, 0) is 109 Å². The second kappa shape index (κ2) is 15.6. The highest BCUT2D eigenvalue weighted by molar-refractivity contribution is 5.95. The number of para-hydroxylation sites is 6. The predicted molar refractivity (Wildman–Crippen MR) is 267 cm³/mol. The summed E-state index contributed by atoms with van der Waals surface area (Å²) in [6.07, 6.45) is 3.87. The molecular weight excluding hydrogens is 785 g/mol. The summed E-state index contributed by atoms with van der Waals surface area (Å²) in [6, 6.07) is 43.4. The van der Waals surface area contributed by atoms with Gasteiger partial charge in [-0.3, -0.25) is 14.7 Å². The van der Waals surface area contributed by atoms with E-state index in [0.717, 1.165) is 92.8 Å². The average molecular weight is 845 g/mol. The van der Waals surface area contributed by atoms with E-state index in [1.54, 1.807) is 0 Å². The predicted octanol–water partition coefficient (Wildman–Crippen LogP) is 13.8. The molecule has 2 aromatic heterocycles. The molecule has 3 aliphatic rings. The third kappa shape index (κ3) is 6.39. The Morgan fingerprint density at radius 3 is 1.73 bits per heavy atom. The van der Waals surface area contributed by atoms with Crippen LogP contribution in [0.25, 0.3) is 27.6 Å². The molecule has 5 aromatic carbocycles. The van der Waals surface area contributed by atoms with E-state index in [9.17, 15) is 0 Å². The van der Waals surface area contributed by atoms with Gasteiger partial charge in [0.05, 0.1) is 27.8 Å². The SMILES string of the molecule is C=CC(C)[C@@H](C)[C@H](C)N1c2nc3ccccc3nc2N2c3ccc(C(C)(C)C)cc3C(CC)(CC)CC(=C)c3ccccc3N3c4nc5ccccc5nc4N(c4ccccc4)C3C21. The Hall–Kier alpha value is -6.54. The monoisotopic (exact) mass is 844 g/mol. The first-order chi connectivity index (χ1) is 30.9. The summed E-state index contributed by atoms with van der Waals surface area (Å²) in [7, 11) is 0. The van der Waals surface area contributed by atoms with Crippen molar-refractivity contribution in [2.24, 2.45) is 11.8 Å². The molecule has 0 N–H and O–H groups in total. The van der Waals surface area contributed by atoms with Gasteiger partial charge in [-0.25, -0.2) is 19.9 Å². The third-order valence-electron chi connectivity index (χ3n) is 14.9. The summed E-state index contributed by atoms with van der Waals surface area (Å²) < 4.78 is 0. The van der Waals surface area contributed by atoms with Gasteiger partial charge in [-0.2, -0.15) is 0 Å². The number of hydrogen-bond donors (Lipinski definition) is 0. The highest BCUT2D eigenvalue weighted by Gasteiger charge is 2.56. The second-order valence-electron chi connectivity index (χ2n) is 19.4. The van der Waals surface area contributed by atoms with Crippen molar-refractivity contribution >= 4 is 68.0 Å². The first-order valence-electron chi connectivity index (χ1n) is 23.2. The summed E-state index contributed by atoms with van der Waals surface area (Å²) in [6.45, 7) is 28.0. The van der Waals surface area contributed by atoms with Crippen LogP contribution in [-0.4, -0.2) is 38.3 Å². The van der Waals surface area contributed by atoms with E-state index in [2.05, 4.69) is 197 Å². The number of allylic oxidation sites excluding steroid dienone is 2. The van der Waals surface area contributed by atoms with Crippen molar-refractivity contribution in [2.45, 2.75) is 104 Å². The van der Waals surface area contributed by atoms with Crippen molar-refractivity contribution in [3.05, 3.63) is 157 Å². The largest absolute Gasteiger partial charge is 0.326 e. The fourth-order valence-corrected chi connectivity index (χ4v) is 10.7. The van der Waals surface area contributed by atoms with Gasteiger partial charge in [0, 0.05) is 28.4 Å². The molecule has 0 bridgehead atoms. The van der Waals surface area contributed by atoms with E-state index in [0.29, 0.717) is 0 Å². The summed E-state index contributed by atoms with van der Waals surface area (Å²) in [5, 5.41) is 0. The first kappa shape index (κ1) is 41.5. The van der Waals surface area contributed by atoms with E-state index < -0.39 is 12.3 Å². The van der Waals surface area contributed by atoms with Crippen LogP contribution in [0.2, 0.25) is 0 Å². The lowest BCUT2D eigenvalue weighted by Crippen LogP contribution is -2.62. The Bertz CT molecular complexity index is 2930. The molecule has 0 amide bonds. The van der Waals surface area contributed by atoms with Crippen LogP contribution in [0.1, 0.15) is 91.3 Å². The number of nitrogens with zero attached hydrogens (tertiary/aromatic N) is 8. The zero-order chi connectivity index (χ0) is 44.7. The van der Waals surface area contributed by atoms with Gasteiger partial charge in [0.1, 0.15) is 6.17 Å². The smallest absolute Gasteiger partial charge is 0.179 e. The van der Waals surface area contributed by atoms with E-state index in [-0.39, 0.29) is 28.7 Å². The maximum atomic E-state index is 5.70. The van der Waals surface area contributed by atoms with Crippen molar-refractivity contribution in [2.75, 3.05) is 19.6 Å². The Balaban J connectivity index is 1.40. The molecule has 3 unspecified atom stereocenters. The first-order valence-corrected chi connectivity index (χ1v) is 23.2. The minimum absolute atomic E-state index is 0.0184. The summed E-state index contributed by atoms with van der Waals surface area (Å²) in [5.74, 6) is 3.73. The van der Waals surface area contributed by atoms with Crippen molar-refractivity contribution in [3.63, 3.8) is 0 Å². The van der Waals surface area contributed by atoms with Gasteiger partial charge in [-0.1, -0.05) is 134 Å². The maximum Gasteiger partial charge on any atom is 0.179 e. The highest BCUT2D eigenvalue weighted by Crippen LogP contribution is 2.58. The Morgan fingerprint density at radius 1 is 0.641 bits per heavy atom. The van der Waals surface area contributed by atoms with Crippen LogP contribution in [0.3, 0.4) is 0 Å². The molecule has 0 aliphatic carbocycles. The molecule has 5 atom stereocenters. The minimum Gasteiger partial charge on any atom is -0.326 e. The van der Waals surface area contributed by atoms with Crippen LogP contribution < -0.4 is 19.6 Å². The van der Waals surface area contributed by atoms with Gasteiger partial charge < -0.3 is 4.90 Å². The van der Waals surface area contributed by atoms with Gasteiger partial charge in [0.25, 0.3) is 0 Å². The van der Waals surface area contributed by atoms with Crippen molar-refractivity contribution < 1.29 is 0 Å². The maximum absolute atomic E-state index is 5.70. The van der Waals surface area contributed by atoms with Gasteiger partial charge in [0.2, 0.25) is 0 Å². The van der Waals surface area contributed by atoms with Crippen LogP contribution in [0.5, 0.6) is 0 Å². The number of aromatic nitrogens is 4. The number of fused-ring (bicyclic) bond motifs is 13. The molecule has 5 heterocycles. The molecule has 8 nitrogen and oxygen atoms in total. The fourth-order valence-electron chi connectivity index (χ4n) is 10.7. The van der Waals surface area contributed by atoms with Crippen LogP contribution in [-0.2, 0) is 10.8 Å². The zero-order valence-corrected chi connectivity index (χ0v) is 38.6. The van der Waals surface area contributed by atoms with Crippen LogP contribution in [0.15, 0.2) is 141 Å². The van der Waals surface area contributed by atoms with Crippen molar-refractivity contribution in [1.29, 1.82) is 0 Å². The summed E-state index contributed by atoms with van der Waals surface area (Å²) in [5.41, 5.74) is 11.1. The van der Waals surface area contributed by atoms with E-state index in [1.165, 1.54) is 11.1 Å².